The average molecular weight is 424 g/mol. The van der Waals surface area contributed by atoms with Gasteiger partial charge >= 0.3 is 0 Å². The van der Waals surface area contributed by atoms with E-state index in [-0.39, 0.29) is 12.4 Å². The summed E-state index contributed by atoms with van der Waals surface area (Å²) in [7, 11) is 0. The van der Waals surface area contributed by atoms with Crippen LogP contribution in [0.25, 0.3) is 11.3 Å². The van der Waals surface area contributed by atoms with Crippen molar-refractivity contribution in [2.75, 3.05) is 37.9 Å². The monoisotopic (exact) mass is 424 g/mol. The molecule has 2 aliphatic rings. The van der Waals surface area contributed by atoms with Crippen molar-refractivity contribution in [2.45, 2.75) is 0 Å². The number of piperazine rings is 1. The summed E-state index contributed by atoms with van der Waals surface area (Å²) in [5, 5.41) is 8.64. The molecule has 2 aliphatic heterocycles. The zero-order chi connectivity index (χ0) is 21.4. The minimum absolute atomic E-state index is 0.122. The fourth-order valence-corrected chi connectivity index (χ4v) is 3.68. The van der Waals surface area contributed by atoms with Crippen molar-refractivity contribution in [3.8, 4) is 22.8 Å². The quantitative estimate of drug-likeness (QED) is 0.644. The van der Waals surface area contributed by atoms with Gasteiger partial charge in [-0.3, -0.25) is 4.79 Å². The molecule has 0 atom stereocenters. The van der Waals surface area contributed by atoms with Crippen LogP contribution in [0.3, 0.4) is 0 Å². The molecule has 3 heterocycles. The minimum Gasteiger partial charge on any atom is -0.454 e. The lowest BCUT2D eigenvalue weighted by molar-refractivity contribution is 0.0741. The van der Waals surface area contributed by atoms with Gasteiger partial charge in [0.15, 0.2) is 17.3 Å². The lowest BCUT2D eigenvalue weighted by atomic mass is 10.1. The summed E-state index contributed by atoms with van der Waals surface area (Å²) in [4.78, 5) is 16.1. The maximum Gasteiger partial charge on any atom is 0.256 e. The Morgan fingerprint density at radius 1 is 0.871 bits per heavy atom. The number of ether oxygens (including phenoxy) is 2. The van der Waals surface area contributed by atoms with Crippen LogP contribution in [0.5, 0.6) is 11.5 Å². The highest BCUT2D eigenvalue weighted by Gasteiger charge is 2.25. The van der Waals surface area contributed by atoms with Crippen LogP contribution in [0, 0.1) is 11.6 Å². The third kappa shape index (κ3) is 3.74. The van der Waals surface area contributed by atoms with Gasteiger partial charge in [0.25, 0.3) is 5.91 Å². The third-order valence-corrected chi connectivity index (χ3v) is 5.37. The molecule has 31 heavy (non-hydrogen) atoms. The molecule has 5 rings (SSSR count). The van der Waals surface area contributed by atoms with Crippen molar-refractivity contribution in [1.29, 1.82) is 0 Å². The number of carbonyl (C=O) groups excluding carboxylic acids is 1. The number of rotatable bonds is 3. The second-order valence-electron chi connectivity index (χ2n) is 7.25. The summed E-state index contributed by atoms with van der Waals surface area (Å²) in [6, 6.07) is 12.4. The van der Waals surface area contributed by atoms with Crippen molar-refractivity contribution in [3.05, 3.63) is 65.7 Å². The van der Waals surface area contributed by atoms with E-state index in [1.807, 2.05) is 35.2 Å². The molecule has 0 bridgehead atoms. The van der Waals surface area contributed by atoms with Gasteiger partial charge in [0.1, 0.15) is 11.6 Å². The van der Waals surface area contributed by atoms with Gasteiger partial charge in [-0.25, -0.2) is 8.78 Å². The van der Waals surface area contributed by atoms with Crippen LogP contribution in [-0.2, 0) is 0 Å². The number of anilines is 1. The van der Waals surface area contributed by atoms with Gasteiger partial charge in [0.05, 0.1) is 11.3 Å². The Morgan fingerprint density at radius 3 is 2.42 bits per heavy atom. The predicted molar refractivity (Wildman–Crippen MR) is 108 cm³/mol. The lowest BCUT2D eigenvalue weighted by Gasteiger charge is -2.35. The average Bonchev–Trinajstić information content (AvgIpc) is 3.27. The van der Waals surface area contributed by atoms with E-state index in [2.05, 4.69) is 10.2 Å². The fraction of sp³-hybridized carbons (Fsp3) is 0.227. The molecular weight excluding hydrogens is 406 g/mol. The van der Waals surface area contributed by atoms with Crippen molar-refractivity contribution in [1.82, 2.24) is 15.1 Å². The fourth-order valence-electron chi connectivity index (χ4n) is 3.68. The molecule has 0 radical (unpaired) electrons. The number of nitrogens with zero attached hydrogens (tertiary/aromatic N) is 4. The Morgan fingerprint density at radius 2 is 1.68 bits per heavy atom. The van der Waals surface area contributed by atoms with Gasteiger partial charge in [-0.15, -0.1) is 10.2 Å². The molecule has 0 saturated carbocycles. The van der Waals surface area contributed by atoms with E-state index in [0.717, 1.165) is 17.7 Å². The van der Waals surface area contributed by atoms with E-state index in [9.17, 15) is 13.6 Å². The van der Waals surface area contributed by atoms with Crippen LogP contribution in [0.1, 0.15) is 10.4 Å². The Labute approximate surface area is 176 Å². The second kappa shape index (κ2) is 7.82. The largest absolute Gasteiger partial charge is 0.454 e. The molecule has 1 fully saturated rings. The van der Waals surface area contributed by atoms with Gasteiger partial charge < -0.3 is 19.3 Å². The molecule has 9 heteroatoms. The van der Waals surface area contributed by atoms with Crippen LogP contribution >= 0.6 is 0 Å². The normalized spacial score (nSPS) is 15.3. The molecule has 3 aromatic rings. The highest BCUT2D eigenvalue weighted by molar-refractivity contribution is 5.94. The van der Waals surface area contributed by atoms with Crippen LogP contribution in [-0.4, -0.2) is 54.0 Å². The highest BCUT2D eigenvalue weighted by atomic mass is 19.1. The first-order chi connectivity index (χ1) is 15.1. The molecule has 158 valence electrons. The number of amides is 1. The van der Waals surface area contributed by atoms with Crippen molar-refractivity contribution >= 4 is 11.7 Å². The number of fused-ring (bicyclic) bond motifs is 1. The zero-order valence-electron chi connectivity index (χ0n) is 16.4. The van der Waals surface area contributed by atoms with Crippen LogP contribution in [0.2, 0.25) is 0 Å². The highest BCUT2D eigenvalue weighted by Crippen LogP contribution is 2.35. The number of hydrogen-bond donors (Lipinski definition) is 0. The Balaban J connectivity index is 1.24. The molecular formula is C22H18F2N4O3. The van der Waals surface area contributed by atoms with Gasteiger partial charge in [-0.2, -0.15) is 0 Å². The molecule has 1 saturated heterocycles. The molecule has 0 spiro atoms. The maximum absolute atomic E-state index is 13.9. The zero-order valence-corrected chi connectivity index (χ0v) is 16.4. The van der Waals surface area contributed by atoms with Gasteiger partial charge in [0.2, 0.25) is 6.79 Å². The summed E-state index contributed by atoms with van der Waals surface area (Å²) in [6.07, 6.45) is 0. The third-order valence-electron chi connectivity index (χ3n) is 5.37. The number of hydrogen-bond acceptors (Lipinski definition) is 6. The Kier molecular flexibility index (Phi) is 4.85. The van der Waals surface area contributed by atoms with Gasteiger partial charge in [-0.05, 0) is 42.5 Å². The van der Waals surface area contributed by atoms with E-state index in [1.165, 1.54) is 6.07 Å². The SMILES string of the molecule is O=C(c1ccc(F)cc1F)N1CCN(c2ccc(-c3ccc4c(c3)OCO4)nn2)CC1. The maximum atomic E-state index is 13.9. The van der Waals surface area contributed by atoms with Crippen molar-refractivity contribution < 1.29 is 23.0 Å². The van der Waals surface area contributed by atoms with Crippen molar-refractivity contribution in [2.24, 2.45) is 0 Å². The van der Waals surface area contributed by atoms with Crippen LogP contribution in [0.4, 0.5) is 14.6 Å². The standard InChI is InChI=1S/C22H18F2N4O3/c23-15-2-3-16(17(24)12-15)22(29)28-9-7-27(8-10-28)21-6-4-18(25-26-21)14-1-5-19-20(11-14)31-13-30-19/h1-6,11-12H,7-10,13H2. The molecule has 2 aromatic carbocycles. The molecule has 1 aromatic heterocycles. The Bertz CT molecular complexity index is 1130. The summed E-state index contributed by atoms with van der Waals surface area (Å²) in [6.45, 7) is 2.09. The summed E-state index contributed by atoms with van der Waals surface area (Å²) in [5.41, 5.74) is 1.46. The smallest absolute Gasteiger partial charge is 0.256 e. The first-order valence-corrected chi connectivity index (χ1v) is 9.81. The number of halogens is 2. The van der Waals surface area contributed by atoms with Crippen molar-refractivity contribution in [3.63, 3.8) is 0 Å². The topological polar surface area (TPSA) is 67.8 Å². The van der Waals surface area contributed by atoms with Gasteiger partial charge in [-0.1, -0.05) is 0 Å². The van der Waals surface area contributed by atoms with Crippen LogP contribution in [0.15, 0.2) is 48.5 Å². The number of aromatic nitrogens is 2. The van der Waals surface area contributed by atoms with E-state index in [1.54, 1.807) is 4.90 Å². The van der Waals surface area contributed by atoms with Crippen LogP contribution < -0.4 is 14.4 Å². The molecule has 1 amide bonds. The molecule has 0 aliphatic carbocycles. The molecule has 7 nitrogen and oxygen atoms in total. The summed E-state index contributed by atoms with van der Waals surface area (Å²) in [5.74, 6) is 0.0907. The first kappa shape index (κ1) is 19.2. The van der Waals surface area contributed by atoms with E-state index >= 15 is 0 Å². The lowest BCUT2D eigenvalue weighted by Crippen LogP contribution is -2.49. The van der Waals surface area contributed by atoms with E-state index < -0.39 is 17.5 Å². The first-order valence-electron chi connectivity index (χ1n) is 9.81. The van der Waals surface area contributed by atoms with E-state index in [4.69, 9.17) is 9.47 Å². The predicted octanol–water partition coefficient (Wildman–Crippen LogP) is 3.11. The van der Waals surface area contributed by atoms with E-state index in [0.29, 0.717) is 49.2 Å². The molecule has 0 N–H and O–H groups in total. The summed E-state index contributed by atoms with van der Waals surface area (Å²) < 4.78 is 37.7. The number of benzene rings is 2. The van der Waals surface area contributed by atoms with Gasteiger partial charge in [0, 0.05) is 37.8 Å². The summed E-state index contributed by atoms with van der Waals surface area (Å²) >= 11 is 0. The second-order valence-corrected chi connectivity index (χ2v) is 7.25. The molecule has 0 unspecified atom stereocenters. The minimum atomic E-state index is -0.850. The Hall–Kier alpha value is -3.75. The number of carbonyl (C=O) groups is 1.